The molecule has 0 radical (unpaired) electrons. The number of carbonyl (C=O) groups excluding carboxylic acids is 1. The molecule has 0 aliphatic rings. The van der Waals surface area contributed by atoms with Crippen molar-refractivity contribution >= 4 is 5.91 Å². The molecule has 3 aromatic rings. The molecule has 0 saturated heterocycles. The largest absolute Gasteiger partial charge is 0.493 e. The Morgan fingerprint density at radius 1 is 1.22 bits per heavy atom. The number of nitrogens with one attached hydrogen (secondary N) is 1. The minimum atomic E-state index is -0.105. The molecule has 6 heteroatoms. The third-order valence-electron chi connectivity index (χ3n) is 4.48. The van der Waals surface area contributed by atoms with E-state index in [1.54, 1.807) is 24.2 Å². The topological polar surface area (TPSA) is 71.1 Å². The molecule has 0 spiro atoms. The van der Waals surface area contributed by atoms with Gasteiger partial charge in [0.1, 0.15) is 11.4 Å². The first-order valence-electron chi connectivity index (χ1n) is 9.04. The summed E-state index contributed by atoms with van der Waals surface area (Å²) in [6.45, 7) is 4.52. The van der Waals surface area contributed by atoms with Gasteiger partial charge in [0.25, 0.3) is 5.91 Å². The number of hydrogen-bond acceptors (Lipinski definition) is 4. The highest BCUT2D eigenvalue weighted by Gasteiger charge is 2.21. The number of hydrogen-bond donors (Lipinski definition) is 1. The second-order valence-corrected chi connectivity index (χ2v) is 6.39. The normalized spacial score (nSPS) is 11.8. The van der Waals surface area contributed by atoms with Crippen molar-refractivity contribution in [3.05, 3.63) is 66.1 Å². The van der Waals surface area contributed by atoms with Gasteiger partial charge in [0.2, 0.25) is 0 Å². The molecule has 1 unspecified atom stereocenters. The van der Waals surface area contributed by atoms with Gasteiger partial charge in [-0.05, 0) is 44.2 Å². The first kappa shape index (κ1) is 18.6. The van der Waals surface area contributed by atoms with E-state index < -0.39 is 0 Å². The number of pyridine rings is 1. The summed E-state index contributed by atoms with van der Waals surface area (Å²) in [6, 6.07) is 15.3. The highest BCUT2D eigenvalue weighted by atomic mass is 16.5. The first-order valence-corrected chi connectivity index (χ1v) is 9.04. The van der Waals surface area contributed by atoms with Gasteiger partial charge in [-0.2, -0.15) is 5.10 Å². The van der Waals surface area contributed by atoms with Gasteiger partial charge in [-0.15, -0.1) is 0 Å². The highest BCUT2D eigenvalue weighted by Crippen LogP contribution is 2.29. The fourth-order valence-corrected chi connectivity index (χ4v) is 2.88. The molecule has 2 heterocycles. The van der Waals surface area contributed by atoms with E-state index in [9.17, 15) is 4.79 Å². The number of likely N-dealkylation sites (N-methyl/N-ethyl adjacent to an activating group) is 1. The number of amides is 1. The van der Waals surface area contributed by atoms with Crippen molar-refractivity contribution in [2.45, 2.75) is 26.3 Å². The van der Waals surface area contributed by atoms with E-state index in [0.717, 1.165) is 17.0 Å². The Labute approximate surface area is 159 Å². The van der Waals surface area contributed by atoms with Crippen molar-refractivity contribution in [3.8, 4) is 17.0 Å². The van der Waals surface area contributed by atoms with Crippen LogP contribution in [0.25, 0.3) is 11.3 Å². The number of carbonyl (C=O) groups is 1. The quantitative estimate of drug-likeness (QED) is 0.696. The van der Waals surface area contributed by atoms with Crippen molar-refractivity contribution in [3.63, 3.8) is 0 Å². The van der Waals surface area contributed by atoms with E-state index in [1.165, 1.54) is 0 Å². The third-order valence-corrected chi connectivity index (χ3v) is 4.48. The van der Waals surface area contributed by atoms with E-state index in [2.05, 4.69) is 15.2 Å². The molecule has 1 aromatic carbocycles. The zero-order chi connectivity index (χ0) is 19.2. The van der Waals surface area contributed by atoms with Crippen molar-refractivity contribution in [2.24, 2.45) is 0 Å². The lowest BCUT2D eigenvalue weighted by Gasteiger charge is -2.24. The van der Waals surface area contributed by atoms with Gasteiger partial charge < -0.3 is 9.64 Å². The lowest BCUT2D eigenvalue weighted by molar-refractivity contribution is 0.0737. The molecule has 0 aliphatic carbocycles. The van der Waals surface area contributed by atoms with Crippen LogP contribution in [0.5, 0.6) is 5.75 Å². The number of rotatable bonds is 7. The van der Waals surface area contributed by atoms with Gasteiger partial charge in [-0.3, -0.25) is 14.9 Å². The van der Waals surface area contributed by atoms with E-state index in [-0.39, 0.29) is 11.9 Å². The van der Waals surface area contributed by atoms with E-state index >= 15 is 0 Å². The van der Waals surface area contributed by atoms with E-state index in [0.29, 0.717) is 24.4 Å². The second kappa shape index (κ2) is 8.49. The van der Waals surface area contributed by atoms with Crippen LogP contribution in [0.15, 0.2) is 54.7 Å². The van der Waals surface area contributed by atoms with Crippen LogP contribution < -0.4 is 4.74 Å². The minimum absolute atomic E-state index is 0.00913. The number of benzene rings is 1. The van der Waals surface area contributed by atoms with E-state index in [4.69, 9.17) is 4.74 Å². The number of H-pyrrole nitrogens is 1. The molecule has 1 N–H and O–H groups in total. The Bertz CT molecular complexity index is 892. The van der Waals surface area contributed by atoms with Crippen molar-refractivity contribution in [1.82, 2.24) is 20.1 Å². The second-order valence-electron chi connectivity index (χ2n) is 6.39. The summed E-state index contributed by atoms with van der Waals surface area (Å²) in [4.78, 5) is 18.9. The Hall–Kier alpha value is -3.15. The maximum absolute atomic E-state index is 12.8. The van der Waals surface area contributed by atoms with E-state index in [1.807, 2.05) is 56.3 Å². The van der Waals surface area contributed by atoms with Crippen molar-refractivity contribution in [2.75, 3.05) is 13.7 Å². The standard InChI is InChI=1S/C21H24N4O2/c1-4-27-20-11-6-5-10-17(20)18-14-19(24-23-18)21(26)25(3)15(2)13-16-9-7-8-12-22-16/h5-12,14-15H,4,13H2,1-3H3,(H,23,24). The maximum Gasteiger partial charge on any atom is 0.271 e. The Morgan fingerprint density at radius 3 is 2.74 bits per heavy atom. The van der Waals surface area contributed by atoms with Crippen molar-refractivity contribution < 1.29 is 9.53 Å². The summed E-state index contributed by atoms with van der Waals surface area (Å²) >= 11 is 0. The van der Waals surface area contributed by atoms with Crippen LogP contribution in [-0.2, 0) is 6.42 Å². The van der Waals surface area contributed by atoms with Gasteiger partial charge in [0.15, 0.2) is 0 Å². The molecule has 0 fully saturated rings. The average molecular weight is 364 g/mol. The summed E-state index contributed by atoms with van der Waals surface area (Å²) < 4.78 is 5.66. The summed E-state index contributed by atoms with van der Waals surface area (Å²) in [5.74, 6) is 0.647. The number of para-hydroxylation sites is 1. The maximum atomic E-state index is 12.8. The monoisotopic (exact) mass is 364 g/mol. The molecule has 6 nitrogen and oxygen atoms in total. The summed E-state index contributed by atoms with van der Waals surface area (Å²) in [5, 5.41) is 7.17. The third kappa shape index (κ3) is 4.34. The number of ether oxygens (including phenoxy) is 1. The molecular formula is C21H24N4O2. The fraction of sp³-hybridized carbons (Fsp3) is 0.286. The molecular weight excluding hydrogens is 340 g/mol. The van der Waals surface area contributed by atoms with Gasteiger partial charge >= 0.3 is 0 Å². The SMILES string of the molecule is CCOc1ccccc1-c1cc(C(=O)N(C)C(C)Cc2ccccn2)[nH]n1. The van der Waals surface area contributed by atoms with Crippen LogP contribution >= 0.6 is 0 Å². The predicted octanol–water partition coefficient (Wildman–Crippen LogP) is 3.57. The average Bonchev–Trinajstić information content (AvgIpc) is 3.18. The number of aromatic nitrogens is 3. The zero-order valence-electron chi connectivity index (χ0n) is 15.8. The van der Waals surface area contributed by atoms with Crippen LogP contribution in [0.2, 0.25) is 0 Å². The molecule has 140 valence electrons. The molecule has 2 aromatic heterocycles. The molecule has 27 heavy (non-hydrogen) atoms. The van der Waals surface area contributed by atoms with Crippen LogP contribution in [-0.4, -0.2) is 45.7 Å². The highest BCUT2D eigenvalue weighted by molar-refractivity contribution is 5.93. The summed E-state index contributed by atoms with van der Waals surface area (Å²) in [6.07, 6.45) is 2.46. The Kier molecular flexibility index (Phi) is 5.86. The van der Waals surface area contributed by atoms with Gasteiger partial charge in [-0.25, -0.2) is 0 Å². The zero-order valence-corrected chi connectivity index (χ0v) is 15.8. The molecule has 0 bridgehead atoms. The molecule has 1 atom stereocenters. The van der Waals surface area contributed by atoms with Gasteiger partial charge in [0.05, 0.1) is 12.3 Å². The summed E-state index contributed by atoms with van der Waals surface area (Å²) in [7, 11) is 1.80. The molecule has 1 amide bonds. The summed E-state index contributed by atoms with van der Waals surface area (Å²) in [5.41, 5.74) is 2.96. The van der Waals surface area contributed by atoms with Crippen LogP contribution in [0.1, 0.15) is 30.0 Å². The van der Waals surface area contributed by atoms with Crippen LogP contribution in [0.3, 0.4) is 0 Å². The predicted molar refractivity (Wildman–Crippen MR) is 105 cm³/mol. The Morgan fingerprint density at radius 2 is 2.00 bits per heavy atom. The van der Waals surface area contributed by atoms with Crippen LogP contribution in [0, 0.1) is 0 Å². The fourth-order valence-electron chi connectivity index (χ4n) is 2.88. The van der Waals surface area contributed by atoms with Gasteiger partial charge in [0, 0.05) is 37.0 Å². The van der Waals surface area contributed by atoms with Crippen LogP contribution in [0.4, 0.5) is 0 Å². The lowest BCUT2D eigenvalue weighted by atomic mass is 10.1. The molecule has 0 aliphatic heterocycles. The first-order chi connectivity index (χ1) is 13.1. The van der Waals surface area contributed by atoms with Gasteiger partial charge in [-0.1, -0.05) is 18.2 Å². The Balaban J connectivity index is 1.75. The van der Waals surface area contributed by atoms with Crippen molar-refractivity contribution in [1.29, 1.82) is 0 Å². The minimum Gasteiger partial charge on any atom is -0.493 e. The number of nitrogens with zero attached hydrogens (tertiary/aromatic N) is 3. The lowest BCUT2D eigenvalue weighted by Crippen LogP contribution is -2.36. The smallest absolute Gasteiger partial charge is 0.271 e. The molecule has 0 saturated carbocycles. The molecule has 3 rings (SSSR count). The number of aromatic amines is 1.